The zero-order valence-corrected chi connectivity index (χ0v) is 14.0. The molecular weight excluding hydrogens is 355 g/mol. The first-order valence-electron chi connectivity index (χ1n) is 8.31. The van der Waals surface area contributed by atoms with Crippen molar-refractivity contribution in [1.82, 2.24) is 4.98 Å². The van der Waals surface area contributed by atoms with E-state index in [9.17, 15) is 18.0 Å². The molecule has 0 radical (unpaired) electrons. The zero-order chi connectivity index (χ0) is 19.0. The van der Waals surface area contributed by atoms with E-state index in [1.165, 1.54) is 11.8 Å². The number of hydrogen-bond acceptors (Lipinski definition) is 3. The Kier molecular flexibility index (Phi) is 4.27. The molecule has 0 aliphatic carbocycles. The highest BCUT2D eigenvalue weighted by Crippen LogP contribution is 2.33. The third-order valence-corrected chi connectivity index (χ3v) is 4.45. The number of anilines is 3. The number of pyridine rings is 1. The third kappa shape index (κ3) is 3.12. The minimum Gasteiger partial charge on any atom is -0.326 e. The minimum absolute atomic E-state index is 0.320. The Morgan fingerprint density at radius 3 is 2.59 bits per heavy atom. The lowest BCUT2D eigenvalue weighted by atomic mass is 10.2. The van der Waals surface area contributed by atoms with Gasteiger partial charge in [0.2, 0.25) is 0 Å². The average molecular weight is 369 g/mol. The van der Waals surface area contributed by atoms with Crippen LogP contribution in [0.2, 0.25) is 0 Å². The highest BCUT2D eigenvalue weighted by atomic mass is 19.2. The molecule has 0 atom stereocenters. The number of carbonyl (C=O) groups excluding carboxylic acids is 1. The summed E-state index contributed by atoms with van der Waals surface area (Å²) in [5.74, 6) is -4.71. The van der Waals surface area contributed by atoms with Gasteiger partial charge in [-0.15, -0.1) is 0 Å². The van der Waals surface area contributed by atoms with Gasteiger partial charge in [-0.25, -0.2) is 18.2 Å². The number of fused-ring (bicyclic) bond motifs is 1. The first-order valence-corrected chi connectivity index (χ1v) is 8.31. The largest absolute Gasteiger partial charge is 0.326 e. The van der Waals surface area contributed by atoms with E-state index in [4.69, 9.17) is 0 Å². The maximum Gasteiger partial charge on any atom is 0.258 e. The highest BCUT2D eigenvalue weighted by molar-refractivity contribution is 6.04. The smallest absolute Gasteiger partial charge is 0.258 e. The van der Waals surface area contributed by atoms with Crippen molar-refractivity contribution in [2.45, 2.75) is 6.42 Å². The van der Waals surface area contributed by atoms with Crippen molar-refractivity contribution in [2.24, 2.45) is 0 Å². The Labute approximate surface area is 153 Å². The second-order valence-electron chi connectivity index (χ2n) is 6.11. The van der Waals surface area contributed by atoms with Crippen LogP contribution >= 0.6 is 0 Å². The maximum absolute atomic E-state index is 13.7. The summed E-state index contributed by atoms with van der Waals surface area (Å²) < 4.78 is 40.0. The van der Waals surface area contributed by atoms with Crippen LogP contribution in [0.5, 0.6) is 0 Å². The van der Waals surface area contributed by atoms with E-state index in [-0.39, 0.29) is 0 Å². The van der Waals surface area contributed by atoms with Gasteiger partial charge in [0.25, 0.3) is 5.91 Å². The number of carbonyl (C=O) groups is 1. The van der Waals surface area contributed by atoms with Gasteiger partial charge < -0.3 is 10.2 Å². The van der Waals surface area contributed by atoms with Crippen molar-refractivity contribution >= 4 is 23.1 Å². The molecule has 1 aromatic heterocycles. The Morgan fingerprint density at radius 1 is 1.00 bits per heavy atom. The first-order chi connectivity index (χ1) is 13.0. The van der Waals surface area contributed by atoms with Gasteiger partial charge in [0, 0.05) is 12.2 Å². The molecular formula is C20H14F3N3O. The van der Waals surface area contributed by atoms with Crippen LogP contribution < -0.4 is 10.2 Å². The quantitative estimate of drug-likeness (QED) is 0.694. The summed E-state index contributed by atoms with van der Waals surface area (Å²) >= 11 is 0. The normalized spacial score (nSPS) is 12.8. The van der Waals surface area contributed by atoms with Crippen LogP contribution in [0.15, 0.2) is 54.7 Å². The maximum atomic E-state index is 13.7. The van der Waals surface area contributed by atoms with Crippen LogP contribution in [0, 0.1) is 17.5 Å². The van der Waals surface area contributed by atoms with E-state index in [2.05, 4.69) is 21.3 Å². The topological polar surface area (TPSA) is 45.2 Å². The SMILES string of the molecule is O=C(Nc1ccc(N2CCc3ccccc32)nc1)c1ccc(F)c(F)c1F. The molecule has 7 heteroatoms. The second kappa shape index (κ2) is 6.75. The molecule has 4 rings (SSSR count). The van der Waals surface area contributed by atoms with Gasteiger partial charge in [-0.3, -0.25) is 4.79 Å². The van der Waals surface area contributed by atoms with E-state index >= 15 is 0 Å². The van der Waals surface area contributed by atoms with Gasteiger partial charge in [0.15, 0.2) is 17.5 Å². The summed E-state index contributed by atoms with van der Waals surface area (Å²) in [6.07, 6.45) is 2.36. The Morgan fingerprint density at radius 2 is 1.81 bits per heavy atom. The molecule has 0 spiro atoms. The molecule has 0 fully saturated rings. The van der Waals surface area contributed by atoms with Gasteiger partial charge in [0.05, 0.1) is 17.4 Å². The van der Waals surface area contributed by atoms with Crippen LogP contribution in [0.25, 0.3) is 0 Å². The molecule has 1 N–H and O–H groups in total. The van der Waals surface area contributed by atoms with Crippen LogP contribution in [-0.4, -0.2) is 17.4 Å². The fourth-order valence-electron chi connectivity index (χ4n) is 3.10. The van der Waals surface area contributed by atoms with Crippen molar-refractivity contribution in [3.8, 4) is 0 Å². The Balaban J connectivity index is 1.52. The monoisotopic (exact) mass is 369 g/mol. The van der Waals surface area contributed by atoms with Crippen molar-refractivity contribution in [3.63, 3.8) is 0 Å². The number of nitrogens with one attached hydrogen (secondary N) is 1. The molecule has 0 saturated carbocycles. The molecule has 0 unspecified atom stereocenters. The Hall–Kier alpha value is -3.35. The van der Waals surface area contributed by atoms with Gasteiger partial charge in [-0.05, 0) is 42.3 Å². The minimum atomic E-state index is -1.68. The molecule has 1 aliphatic rings. The number of nitrogens with zero attached hydrogens (tertiary/aromatic N) is 2. The number of halogens is 3. The lowest BCUT2D eigenvalue weighted by Crippen LogP contribution is -2.17. The van der Waals surface area contributed by atoms with Crippen LogP contribution in [-0.2, 0) is 6.42 Å². The molecule has 0 bridgehead atoms. The van der Waals surface area contributed by atoms with Gasteiger partial charge >= 0.3 is 0 Å². The molecule has 1 aliphatic heterocycles. The van der Waals surface area contributed by atoms with Crippen molar-refractivity contribution in [3.05, 3.63) is 83.3 Å². The fraction of sp³-hybridized carbons (Fsp3) is 0.100. The molecule has 1 amide bonds. The van der Waals surface area contributed by atoms with E-state index in [1.54, 1.807) is 12.1 Å². The van der Waals surface area contributed by atoms with Gasteiger partial charge in [-0.2, -0.15) is 0 Å². The average Bonchev–Trinajstić information content (AvgIpc) is 3.11. The van der Waals surface area contributed by atoms with Crippen LogP contribution in [0.1, 0.15) is 15.9 Å². The fourth-order valence-corrected chi connectivity index (χ4v) is 3.10. The van der Waals surface area contributed by atoms with E-state index in [0.717, 1.165) is 30.5 Å². The summed E-state index contributed by atoms with van der Waals surface area (Å²) in [5.41, 5.74) is 2.07. The molecule has 2 aromatic carbocycles. The zero-order valence-electron chi connectivity index (χ0n) is 14.0. The van der Waals surface area contributed by atoms with E-state index in [1.807, 2.05) is 18.2 Å². The summed E-state index contributed by atoms with van der Waals surface area (Å²) in [7, 11) is 0. The van der Waals surface area contributed by atoms with Gasteiger partial charge in [0.1, 0.15) is 5.82 Å². The predicted molar refractivity (Wildman–Crippen MR) is 95.7 cm³/mol. The number of rotatable bonds is 3. The van der Waals surface area contributed by atoms with Crippen molar-refractivity contribution in [2.75, 3.05) is 16.8 Å². The number of aromatic nitrogens is 1. The summed E-state index contributed by atoms with van der Waals surface area (Å²) in [5, 5.41) is 2.43. The molecule has 0 saturated heterocycles. The van der Waals surface area contributed by atoms with Gasteiger partial charge in [-0.1, -0.05) is 18.2 Å². The Bertz CT molecular complexity index is 1020. The molecule has 4 nitrogen and oxygen atoms in total. The number of hydrogen-bond donors (Lipinski definition) is 1. The van der Waals surface area contributed by atoms with Crippen molar-refractivity contribution in [1.29, 1.82) is 0 Å². The lowest BCUT2D eigenvalue weighted by molar-refractivity contribution is 0.102. The third-order valence-electron chi connectivity index (χ3n) is 4.45. The number of para-hydroxylation sites is 1. The van der Waals surface area contributed by atoms with E-state index in [0.29, 0.717) is 11.8 Å². The number of benzene rings is 2. The molecule has 3 aromatic rings. The van der Waals surface area contributed by atoms with E-state index < -0.39 is 28.9 Å². The summed E-state index contributed by atoms with van der Waals surface area (Å²) in [6, 6.07) is 13.0. The van der Waals surface area contributed by atoms with Crippen molar-refractivity contribution < 1.29 is 18.0 Å². The second-order valence-corrected chi connectivity index (χ2v) is 6.11. The predicted octanol–water partition coefficient (Wildman–Crippen LogP) is 4.45. The van der Waals surface area contributed by atoms with Crippen LogP contribution in [0.4, 0.5) is 30.4 Å². The number of amides is 1. The summed E-state index contributed by atoms with van der Waals surface area (Å²) in [4.78, 5) is 18.5. The first kappa shape index (κ1) is 17.1. The standard InChI is InChI=1S/C20H14F3N3O/c21-15-7-6-14(18(22)19(15)23)20(27)25-13-5-8-17(24-11-13)26-10-9-12-3-1-2-4-16(12)26/h1-8,11H,9-10H2,(H,25,27). The summed E-state index contributed by atoms with van der Waals surface area (Å²) in [6.45, 7) is 0.804. The highest BCUT2D eigenvalue weighted by Gasteiger charge is 2.21. The molecule has 2 heterocycles. The molecule has 27 heavy (non-hydrogen) atoms. The molecule has 136 valence electrons. The van der Waals surface area contributed by atoms with Crippen LogP contribution in [0.3, 0.4) is 0 Å². The lowest BCUT2D eigenvalue weighted by Gasteiger charge is -2.18.